The summed E-state index contributed by atoms with van der Waals surface area (Å²) in [6, 6.07) is 0. The minimum Gasteiger partial charge on any atom is -0.0620 e. The molecule has 5 unspecified atom stereocenters. The van der Waals surface area contributed by atoms with Gasteiger partial charge in [-0.2, -0.15) is 0 Å². The van der Waals surface area contributed by atoms with E-state index in [9.17, 15) is 0 Å². The van der Waals surface area contributed by atoms with Crippen molar-refractivity contribution in [3.8, 4) is 0 Å². The van der Waals surface area contributed by atoms with Crippen molar-refractivity contribution in [2.24, 2.45) is 35.5 Å². The number of rotatable bonds is 5. The predicted octanol–water partition coefficient (Wildman–Crippen LogP) is 6.06. The summed E-state index contributed by atoms with van der Waals surface area (Å²) in [5.74, 6) is 6.49. The maximum atomic E-state index is 2.53. The maximum absolute atomic E-state index is 2.53. The second-order valence-corrected chi connectivity index (χ2v) is 8.16. The highest BCUT2D eigenvalue weighted by molar-refractivity contribution is 4.97. The fourth-order valence-corrected chi connectivity index (χ4v) is 5.74. The zero-order valence-corrected chi connectivity index (χ0v) is 13.2. The Balaban J connectivity index is 1.33. The molecule has 0 spiro atoms. The van der Waals surface area contributed by atoms with Crippen LogP contribution < -0.4 is 0 Å². The molecule has 0 nitrogen and oxygen atoms in total. The minimum atomic E-state index is 1.03. The highest BCUT2D eigenvalue weighted by Crippen LogP contribution is 2.56. The second-order valence-electron chi connectivity index (χ2n) is 8.16. The summed E-state index contributed by atoms with van der Waals surface area (Å²) >= 11 is 0. The van der Waals surface area contributed by atoms with Gasteiger partial charge in [0.15, 0.2) is 0 Å². The van der Waals surface area contributed by atoms with E-state index in [2.05, 4.69) is 13.8 Å². The van der Waals surface area contributed by atoms with Crippen LogP contribution in [0.4, 0.5) is 0 Å². The number of hydrogen-bond donors (Lipinski definition) is 0. The molecule has 3 saturated carbocycles. The first-order chi connectivity index (χ1) is 9.25. The second kappa shape index (κ2) is 6.19. The average Bonchev–Trinajstić information content (AvgIpc) is 2.97. The van der Waals surface area contributed by atoms with Gasteiger partial charge in [0, 0.05) is 0 Å². The Bertz CT molecular complexity index is 274. The van der Waals surface area contributed by atoms with E-state index in [0.29, 0.717) is 0 Å². The molecule has 0 aromatic carbocycles. The molecular weight excluding hydrogens is 228 g/mol. The Hall–Kier alpha value is 0. The molecule has 2 bridgehead atoms. The topological polar surface area (TPSA) is 0 Å². The summed E-state index contributed by atoms with van der Waals surface area (Å²) in [4.78, 5) is 0. The first-order valence-corrected chi connectivity index (χ1v) is 9.25. The Labute approximate surface area is 120 Å². The monoisotopic (exact) mass is 262 g/mol. The quantitative estimate of drug-likeness (QED) is 0.529. The third-order valence-electron chi connectivity index (χ3n) is 7.20. The molecule has 3 aliphatic carbocycles. The van der Waals surface area contributed by atoms with Gasteiger partial charge in [0.1, 0.15) is 0 Å². The molecule has 0 aliphatic heterocycles. The molecule has 0 aromatic heterocycles. The standard InChI is InChI=1S/C19H34/c1-14-15(2)19-13-18(14)12-17(19)11-7-6-10-16-8-4-3-5-9-16/h14-19H,3-13H2,1-2H3. The maximum Gasteiger partial charge on any atom is -0.0355 e. The normalized spacial score (nSPS) is 42.9. The Morgan fingerprint density at radius 3 is 2.21 bits per heavy atom. The summed E-state index contributed by atoms with van der Waals surface area (Å²) in [6.07, 6.45) is 17.0. The smallest absolute Gasteiger partial charge is 0.0355 e. The highest BCUT2D eigenvalue weighted by Gasteiger charge is 2.47. The van der Waals surface area contributed by atoms with Gasteiger partial charge in [0.2, 0.25) is 0 Å². The number of fused-ring (bicyclic) bond motifs is 2. The first kappa shape index (κ1) is 14.0. The van der Waals surface area contributed by atoms with Crippen LogP contribution in [0, 0.1) is 35.5 Å². The van der Waals surface area contributed by atoms with Crippen LogP contribution in [0.2, 0.25) is 0 Å². The first-order valence-electron chi connectivity index (χ1n) is 9.25. The molecule has 0 aromatic rings. The van der Waals surface area contributed by atoms with E-state index in [1.165, 1.54) is 32.1 Å². The molecule has 19 heavy (non-hydrogen) atoms. The van der Waals surface area contributed by atoms with Crippen molar-refractivity contribution in [1.29, 1.82) is 0 Å². The van der Waals surface area contributed by atoms with Gasteiger partial charge in [-0.15, -0.1) is 0 Å². The molecule has 0 N–H and O–H groups in total. The third-order valence-corrected chi connectivity index (χ3v) is 7.20. The summed E-state index contributed by atoms with van der Waals surface area (Å²) in [5.41, 5.74) is 0. The number of unbranched alkanes of at least 4 members (excludes halogenated alkanes) is 1. The van der Waals surface area contributed by atoms with Crippen molar-refractivity contribution in [2.45, 2.75) is 84.5 Å². The van der Waals surface area contributed by atoms with Gasteiger partial charge in [0.05, 0.1) is 0 Å². The molecule has 110 valence electrons. The third kappa shape index (κ3) is 3.03. The van der Waals surface area contributed by atoms with Crippen LogP contribution in [0.3, 0.4) is 0 Å². The Morgan fingerprint density at radius 1 is 0.789 bits per heavy atom. The molecule has 0 saturated heterocycles. The van der Waals surface area contributed by atoms with Gasteiger partial charge >= 0.3 is 0 Å². The van der Waals surface area contributed by atoms with E-state index in [1.54, 1.807) is 38.5 Å². The Morgan fingerprint density at radius 2 is 1.53 bits per heavy atom. The average molecular weight is 262 g/mol. The van der Waals surface area contributed by atoms with Crippen molar-refractivity contribution in [3.63, 3.8) is 0 Å². The van der Waals surface area contributed by atoms with E-state index in [-0.39, 0.29) is 0 Å². The van der Waals surface area contributed by atoms with Crippen molar-refractivity contribution in [1.82, 2.24) is 0 Å². The fourth-order valence-electron chi connectivity index (χ4n) is 5.74. The summed E-state index contributed by atoms with van der Waals surface area (Å²) in [7, 11) is 0. The fraction of sp³-hybridized carbons (Fsp3) is 1.00. The van der Waals surface area contributed by atoms with Crippen LogP contribution in [-0.2, 0) is 0 Å². The van der Waals surface area contributed by atoms with Gasteiger partial charge in [-0.1, -0.05) is 71.6 Å². The van der Waals surface area contributed by atoms with E-state index in [0.717, 1.165) is 35.5 Å². The lowest BCUT2D eigenvalue weighted by atomic mass is 9.74. The van der Waals surface area contributed by atoms with Gasteiger partial charge in [0.25, 0.3) is 0 Å². The van der Waals surface area contributed by atoms with E-state index in [4.69, 9.17) is 0 Å². The van der Waals surface area contributed by atoms with Gasteiger partial charge in [-0.05, 0) is 48.3 Å². The SMILES string of the molecule is CC1C2CC(CCCCC3CCCCC3)C(C2)C1C. The highest BCUT2D eigenvalue weighted by atomic mass is 14.5. The van der Waals surface area contributed by atoms with Crippen molar-refractivity contribution < 1.29 is 0 Å². The Kier molecular flexibility index (Phi) is 4.54. The van der Waals surface area contributed by atoms with Crippen molar-refractivity contribution in [2.75, 3.05) is 0 Å². The zero-order valence-electron chi connectivity index (χ0n) is 13.2. The van der Waals surface area contributed by atoms with Crippen molar-refractivity contribution >= 4 is 0 Å². The van der Waals surface area contributed by atoms with Crippen LogP contribution in [-0.4, -0.2) is 0 Å². The summed E-state index contributed by atoms with van der Waals surface area (Å²) in [5, 5.41) is 0. The van der Waals surface area contributed by atoms with E-state index < -0.39 is 0 Å². The zero-order chi connectivity index (χ0) is 13.2. The largest absolute Gasteiger partial charge is 0.0620 e. The van der Waals surface area contributed by atoms with Crippen LogP contribution in [0.5, 0.6) is 0 Å². The predicted molar refractivity (Wildman–Crippen MR) is 83.1 cm³/mol. The molecular formula is C19H34. The van der Waals surface area contributed by atoms with Crippen LogP contribution >= 0.6 is 0 Å². The molecule has 0 amide bonds. The lowest BCUT2D eigenvalue weighted by molar-refractivity contribution is 0.177. The number of hydrogen-bond acceptors (Lipinski definition) is 0. The van der Waals surface area contributed by atoms with Gasteiger partial charge in [-0.25, -0.2) is 0 Å². The summed E-state index contributed by atoms with van der Waals surface area (Å²) < 4.78 is 0. The molecule has 3 aliphatic rings. The van der Waals surface area contributed by atoms with E-state index in [1.807, 2.05) is 0 Å². The van der Waals surface area contributed by atoms with Gasteiger partial charge in [-0.3, -0.25) is 0 Å². The molecule has 0 heterocycles. The van der Waals surface area contributed by atoms with E-state index >= 15 is 0 Å². The lowest BCUT2D eigenvalue weighted by Gasteiger charge is -2.32. The lowest BCUT2D eigenvalue weighted by Crippen LogP contribution is -2.24. The molecule has 3 rings (SSSR count). The molecule has 0 heteroatoms. The molecule has 5 atom stereocenters. The van der Waals surface area contributed by atoms with Crippen LogP contribution in [0.15, 0.2) is 0 Å². The summed E-state index contributed by atoms with van der Waals surface area (Å²) in [6.45, 7) is 5.04. The molecule has 3 fully saturated rings. The molecule has 0 radical (unpaired) electrons. The minimum absolute atomic E-state index is 1.03. The van der Waals surface area contributed by atoms with Crippen LogP contribution in [0.1, 0.15) is 84.5 Å². The van der Waals surface area contributed by atoms with Gasteiger partial charge < -0.3 is 0 Å². The van der Waals surface area contributed by atoms with Crippen LogP contribution in [0.25, 0.3) is 0 Å². The van der Waals surface area contributed by atoms with Crippen molar-refractivity contribution in [3.05, 3.63) is 0 Å².